The van der Waals surface area contributed by atoms with Crippen LogP contribution in [0.3, 0.4) is 0 Å². The molecule has 0 aliphatic heterocycles. The van der Waals surface area contributed by atoms with Crippen LogP contribution in [0.1, 0.15) is 11.4 Å². The number of rotatable bonds is 2. The second-order valence-electron chi connectivity index (χ2n) is 3.23. The molecule has 0 spiro atoms. The van der Waals surface area contributed by atoms with E-state index >= 15 is 0 Å². The highest BCUT2D eigenvalue weighted by Gasteiger charge is 2.06. The largest absolute Gasteiger partial charge is 0.318 e. The van der Waals surface area contributed by atoms with Gasteiger partial charge in [-0.1, -0.05) is 17.7 Å². The van der Waals surface area contributed by atoms with E-state index in [1.807, 2.05) is 6.07 Å². The van der Waals surface area contributed by atoms with Gasteiger partial charge in [0.2, 0.25) is 5.82 Å². The van der Waals surface area contributed by atoms with Crippen LogP contribution < -0.4 is 0 Å². The van der Waals surface area contributed by atoms with Crippen molar-refractivity contribution in [3.05, 3.63) is 52.8 Å². The third kappa shape index (κ3) is 2.05. The van der Waals surface area contributed by atoms with E-state index in [0.29, 0.717) is 17.4 Å². The number of benzene rings is 1. The minimum atomic E-state index is -0.375. The summed E-state index contributed by atoms with van der Waals surface area (Å²) < 4.78 is 14.5. The van der Waals surface area contributed by atoms with Crippen LogP contribution in [-0.2, 0) is 6.54 Å². The number of hydrogen-bond acceptors (Lipinski definition) is 2. The van der Waals surface area contributed by atoms with Gasteiger partial charge in [0.1, 0.15) is 11.9 Å². The summed E-state index contributed by atoms with van der Waals surface area (Å²) in [5.41, 5.74) is 0.748. The molecule has 0 fully saturated rings. The van der Waals surface area contributed by atoms with Crippen molar-refractivity contribution in [3.8, 4) is 6.07 Å². The van der Waals surface area contributed by atoms with Gasteiger partial charge in [0.25, 0.3) is 0 Å². The van der Waals surface area contributed by atoms with Crippen LogP contribution in [0.15, 0.2) is 30.6 Å². The summed E-state index contributed by atoms with van der Waals surface area (Å²) in [6.07, 6.45) is 3.22. The third-order valence-electron chi connectivity index (χ3n) is 2.17. The zero-order chi connectivity index (χ0) is 11.5. The molecule has 1 aromatic heterocycles. The van der Waals surface area contributed by atoms with E-state index in [2.05, 4.69) is 4.98 Å². The molecule has 80 valence electrons. The van der Waals surface area contributed by atoms with Crippen LogP contribution in [0.5, 0.6) is 0 Å². The van der Waals surface area contributed by atoms with Crippen molar-refractivity contribution in [2.24, 2.45) is 0 Å². The van der Waals surface area contributed by atoms with Crippen LogP contribution >= 0.6 is 11.6 Å². The van der Waals surface area contributed by atoms with Gasteiger partial charge < -0.3 is 4.57 Å². The van der Waals surface area contributed by atoms with Gasteiger partial charge >= 0.3 is 0 Å². The topological polar surface area (TPSA) is 41.6 Å². The summed E-state index contributed by atoms with van der Waals surface area (Å²) in [5, 5.41) is 9.12. The highest BCUT2D eigenvalue weighted by Crippen LogP contribution is 2.18. The summed E-state index contributed by atoms with van der Waals surface area (Å²) in [7, 11) is 0. The molecular weight excluding hydrogens is 229 g/mol. The Kier molecular flexibility index (Phi) is 2.88. The molecule has 2 rings (SSSR count). The molecule has 0 saturated heterocycles. The molecule has 1 aromatic carbocycles. The van der Waals surface area contributed by atoms with E-state index in [9.17, 15) is 4.39 Å². The molecular formula is C11H7ClFN3. The summed E-state index contributed by atoms with van der Waals surface area (Å²) >= 11 is 5.89. The minimum Gasteiger partial charge on any atom is -0.318 e. The Labute approximate surface area is 96.7 Å². The van der Waals surface area contributed by atoms with Crippen LogP contribution in [0.25, 0.3) is 0 Å². The van der Waals surface area contributed by atoms with E-state index in [4.69, 9.17) is 16.9 Å². The molecule has 2 aromatic rings. The molecule has 3 nitrogen and oxygen atoms in total. The molecule has 0 aliphatic rings. The molecule has 0 amide bonds. The number of halogens is 2. The first kappa shape index (κ1) is 10.7. The predicted octanol–water partition coefficient (Wildman–Crippen LogP) is 2.60. The van der Waals surface area contributed by atoms with Crippen molar-refractivity contribution < 1.29 is 4.39 Å². The predicted molar refractivity (Wildman–Crippen MR) is 57.5 cm³/mol. The number of nitriles is 1. The van der Waals surface area contributed by atoms with E-state index in [1.54, 1.807) is 16.8 Å². The lowest BCUT2D eigenvalue weighted by atomic mass is 10.2. The molecule has 16 heavy (non-hydrogen) atoms. The molecule has 0 bridgehead atoms. The van der Waals surface area contributed by atoms with E-state index in [-0.39, 0.29) is 5.82 Å². The molecule has 0 unspecified atom stereocenters. The van der Waals surface area contributed by atoms with Gasteiger partial charge in [-0.3, -0.25) is 0 Å². The Bertz CT molecular complexity index is 557. The van der Waals surface area contributed by atoms with Crippen molar-refractivity contribution in [1.82, 2.24) is 9.55 Å². The lowest BCUT2D eigenvalue weighted by Crippen LogP contribution is -2.02. The summed E-state index contributed by atoms with van der Waals surface area (Å²) in [4.78, 5) is 3.86. The maximum absolute atomic E-state index is 12.8. The van der Waals surface area contributed by atoms with Crippen LogP contribution in [0.4, 0.5) is 4.39 Å². The third-order valence-corrected chi connectivity index (χ3v) is 2.52. The maximum Gasteiger partial charge on any atom is 0.213 e. The Morgan fingerprint density at radius 3 is 3.00 bits per heavy atom. The average molecular weight is 236 g/mol. The second kappa shape index (κ2) is 4.33. The standard InChI is InChI=1S/C11H7ClFN3/c12-10-5-9(13)2-1-8(10)7-16-4-3-15-11(16)6-14/h1-5H,7H2. The van der Waals surface area contributed by atoms with Crippen molar-refractivity contribution >= 4 is 11.6 Å². The van der Waals surface area contributed by atoms with Crippen molar-refractivity contribution in [1.29, 1.82) is 5.26 Å². The quantitative estimate of drug-likeness (QED) is 0.803. The Morgan fingerprint density at radius 2 is 2.31 bits per heavy atom. The van der Waals surface area contributed by atoms with Gasteiger partial charge in [0, 0.05) is 17.4 Å². The van der Waals surface area contributed by atoms with Gasteiger partial charge in [-0.15, -0.1) is 0 Å². The molecule has 0 radical (unpaired) electrons. The molecule has 1 heterocycles. The molecule has 0 atom stereocenters. The van der Waals surface area contributed by atoms with Crippen molar-refractivity contribution in [2.75, 3.05) is 0 Å². The SMILES string of the molecule is N#Cc1nccn1Cc1ccc(F)cc1Cl. The lowest BCUT2D eigenvalue weighted by Gasteiger charge is -2.06. The number of aromatic nitrogens is 2. The summed E-state index contributed by atoms with van der Waals surface area (Å²) in [5.74, 6) is -0.0692. The normalized spacial score (nSPS) is 10.1. The van der Waals surface area contributed by atoms with Crippen LogP contribution in [0.2, 0.25) is 5.02 Å². The fourth-order valence-electron chi connectivity index (χ4n) is 1.38. The second-order valence-corrected chi connectivity index (χ2v) is 3.63. The first-order valence-corrected chi connectivity index (χ1v) is 4.93. The summed E-state index contributed by atoms with van der Waals surface area (Å²) in [6, 6.07) is 6.14. The van der Waals surface area contributed by atoms with Gasteiger partial charge in [0.15, 0.2) is 0 Å². The van der Waals surface area contributed by atoms with Crippen molar-refractivity contribution in [3.63, 3.8) is 0 Å². The molecule has 5 heteroatoms. The fraction of sp³-hybridized carbons (Fsp3) is 0.0909. The van der Waals surface area contributed by atoms with Gasteiger partial charge in [-0.25, -0.2) is 9.37 Å². The monoisotopic (exact) mass is 235 g/mol. The number of imidazole rings is 1. The zero-order valence-corrected chi connectivity index (χ0v) is 8.95. The summed E-state index contributed by atoms with van der Waals surface area (Å²) in [6.45, 7) is 0.405. The van der Waals surface area contributed by atoms with Gasteiger partial charge in [-0.05, 0) is 17.7 Å². The van der Waals surface area contributed by atoms with Crippen LogP contribution in [0, 0.1) is 17.1 Å². The van der Waals surface area contributed by atoms with Gasteiger partial charge in [0.05, 0.1) is 6.54 Å². The number of hydrogen-bond donors (Lipinski definition) is 0. The van der Waals surface area contributed by atoms with E-state index in [0.717, 1.165) is 5.56 Å². The number of nitrogens with zero attached hydrogens (tertiary/aromatic N) is 3. The minimum absolute atomic E-state index is 0.306. The molecule has 0 aliphatic carbocycles. The highest BCUT2D eigenvalue weighted by atomic mass is 35.5. The fourth-order valence-corrected chi connectivity index (χ4v) is 1.61. The van der Waals surface area contributed by atoms with E-state index in [1.165, 1.54) is 18.3 Å². The smallest absolute Gasteiger partial charge is 0.213 e. The van der Waals surface area contributed by atoms with E-state index < -0.39 is 0 Å². The lowest BCUT2D eigenvalue weighted by molar-refractivity contribution is 0.626. The highest BCUT2D eigenvalue weighted by molar-refractivity contribution is 6.31. The average Bonchev–Trinajstić information content (AvgIpc) is 2.69. The maximum atomic E-state index is 12.8. The molecule has 0 saturated carbocycles. The van der Waals surface area contributed by atoms with Crippen LogP contribution in [-0.4, -0.2) is 9.55 Å². The van der Waals surface area contributed by atoms with Crippen molar-refractivity contribution in [2.45, 2.75) is 6.54 Å². The van der Waals surface area contributed by atoms with Gasteiger partial charge in [-0.2, -0.15) is 5.26 Å². The first-order valence-electron chi connectivity index (χ1n) is 4.56. The Hall–Kier alpha value is -1.86. The molecule has 0 N–H and O–H groups in total. The Morgan fingerprint density at radius 1 is 1.50 bits per heavy atom. The zero-order valence-electron chi connectivity index (χ0n) is 8.19. The Balaban J connectivity index is 2.31. The first-order chi connectivity index (χ1) is 7.70.